The molecule has 0 bridgehead atoms. The second-order valence-corrected chi connectivity index (χ2v) is 4.69. The van der Waals surface area contributed by atoms with Crippen molar-refractivity contribution in [2.24, 2.45) is 11.7 Å². The second-order valence-electron chi connectivity index (χ2n) is 4.69. The van der Waals surface area contributed by atoms with Crippen LogP contribution in [0.1, 0.15) is 43.4 Å². The Morgan fingerprint density at radius 3 is 2.75 bits per heavy atom. The van der Waals surface area contributed by atoms with E-state index in [1.165, 1.54) is 30.4 Å². The molecule has 1 aromatic carbocycles. The van der Waals surface area contributed by atoms with Crippen molar-refractivity contribution in [1.82, 2.24) is 0 Å². The standard InChI is InChI=1S/C14H21NO/c1-3-4-10-5-8-13(16-2)12(9-10)14(15)11-6-7-11/h5,8-9,11,14H,3-4,6-7,15H2,1-2H3. The number of methoxy groups -OCH3 is 1. The zero-order chi connectivity index (χ0) is 11.5. The average molecular weight is 219 g/mol. The Bertz CT molecular complexity index is 358. The van der Waals surface area contributed by atoms with Crippen molar-refractivity contribution < 1.29 is 4.74 Å². The molecule has 1 atom stereocenters. The Hall–Kier alpha value is -1.02. The molecule has 1 fully saturated rings. The van der Waals surface area contributed by atoms with Gasteiger partial charge in [-0.05, 0) is 36.8 Å². The van der Waals surface area contributed by atoms with E-state index in [1.54, 1.807) is 7.11 Å². The molecule has 2 heteroatoms. The van der Waals surface area contributed by atoms with Gasteiger partial charge in [0.1, 0.15) is 5.75 Å². The van der Waals surface area contributed by atoms with Gasteiger partial charge in [-0.25, -0.2) is 0 Å². The number of benzene rings is 1. The summed E-state index contributed by atoms with van der Waals surface area (Å²) in [4.78, 5) is 0. The highest BCUT2D eigenvalue weighted by atomic mass is 16.5. The molecule has 0 aromatic heterocycles. The molecule has 2 nitrogen and oxygen atoms in total. The lowest BCUT2D eigenvalue weighted by Gasteiger charge is -2.16. The molecule has 88 valence electrons. The molecule has 0 saturated heterocycles. The van der Waals surface area contributed by atoms with Crippen molar-refractivity contribution >= 4 is 0 Å². The maximum absolute atomic E-state index is 6.26. The smallest absolute Gasteiger partial charge is 0.123 e. The van der Waals surface area contributed by atoms with Gasteiger partial charge in [-0.1, -0.05) is 25.5 Å². The van der Waals surface area contributed by atoms with E-state index in [4.69, 9.17) is 10.5 Å². The van der Waals surface area contributed by atoms with E-state index < -0.39 is 0 Å². The van der Waals surface area contributed by atoms with Crippen LogP contribution in [0.4, 0.5) is 0 Å². The minimum atomic E-state index is 0.159. The van der Waals surface area contributed by atoms with Crippen LogP contribution in [0.2, 0.25) is 0 Å². The first-order chi connectivity index (χ1) is 7.76. The fourth-order valence-corrected chi connectivity index (χ4v) is 2.20. The summed E-state index contributed by atoms with van der Waals surface area (Å²) in [6, 6.07) is 6.59. The summed E-state index contributed by atoms with van der Waals surface area (Å²) in [6.45, 7) is 2.20. The van der Waals surface area contributed by atoms with E-state index in [9.17, 15) is 0 Å². The van der Waals surface area contributed by atoms with Gasteiger partial charge >= 0.3 is 0 Å². The molecule has 2 N–H and O–H groups in total. The van der Waals surface area contributed by atoms with Crippen LogP contribution in [0.25, 0.3) is 0 Å². The van der Waals surface area contributed by atoms with Gasteiger partial charge in [0, 0.05) is 11.6 Å². The summed E-state index contributed by atoms with van der Waals surface area (Å²) in [5.74, 6) is 1.62. The van der Waals surface area contributed by atoms with Gasteiger partial charge in [-0.2, -0.15) is 0 Å². The quantitative estimate of drug-likeness (QED) is 0.826. The van der Waals surface area contributed by atoms with Crippen LogP contribution >= 0.6 is 0 Å². The molecule has 1 unspecified atom stereocenters. The Labute approximate surface area is 97.8 Å². The lowest BCUT2D eigenvalue weighted by Crippen LogP contribution is -2.14. The molecule has 0 aliphatic heterocycles. The molecule has 0 heterocycles. The highest BCUT2D eigenvalue weighted by Gasteiger charge is 2.31. The molecule has 0 amide bonds. The van der Waals surface area contributed by atoms with E-state index >= 15 is 0 Å². The molecule has 1 saturated carbocycles. The Morgan fingerprint density at radius 2 is 2.19 bits per heavy atom. The number of rotatable bonds is 5. The predicted octanol–water partition coefficient (Wildman–Crippen LogP) is 3.06. The first-order valence-corrected chi connectivity index (χ1v) is 6.18. The number of hydrogen-bond acceptors (Lipinski definition) is 2. The van der Waals surface area contributed by atoms with Crippen LogP contribution in [0.5, 0.6) is 5.75 Å². The molecule has 1 aliphatic rings. The molecular weight excluding hydrogens is 198 g/mol. The number of ether oxygens (including phenoxy) is 1. The van der Waals surface area contributed by atoms with Crippen LogP contribution in [0.15, 0.2) is 18.2 Å². The molecule has 0 radical (unpaired) electrons. The Kier molecular flexibility index (Phi) is 3.49. The first kappa shape index (κ1) is 11.5. The van der Waals surface area contributed by atoms with Gasteiger partial charge in [0.05, 0.1) is 7.11 Å². The third kappa shape index (κ3) is 2.38. The van der Waals surface area contributed by atoms with Crippen LogP contribution < -0.4 is 10.5 Å². The fourth-order valence-electron chi connectivity index (χ4n) is 2.20. The average Bonchev–Trinajstić information content (AvgIpc) is 3.12. The highest BCUT2D eigenvalue weighted by molar-refractivity contribution is 5.40. The monoisotopic (exact) mass is 219 g/mol. The van der Waals surface area contributed by atoms with Crippen LogP contribution in [0, 0.1) is 5.92 Å². The summed E-state index contributed by atoms with van der Waals surface area (Å²) >= 11 is 0. The van der Waals surface area contributed by atoms with Crippen molar-refractivity contribution in [2.45, 2.75) is 38.6 Å². The van der Waals surface area contributed by atoms with Crippen molar-refractivity contribution in [3.63, 3.8) is 0 Å². The second kappa shape index (κ2) is 4.88. The molecular formula is C14H21NO. The van der Waals surface area contributed by atoms with Crippen molar-refractivity contribution in [3.05, 3.63) is 29.3 Å². The third-order valence-corrected chi connectivity index (χ3v) is 3.32. The molecule has 2 rings (SSSR count). The zero-order valence-electron chi connectivity index (χ0n) is 10.2. The minimum Gasteiger partial charge on any atom is -0.496 e. The van der Waals surface area contributed by atoms with E-state index in [1.807, 2.05) is 0 Å². The molecule has 1 aromatic rings. The third-order valence-electron chi connectivity index (χ3n) is 3.32. The lowest BCUT2D eigenvalue weighted by molar-refractivity contribution is 0.402. The van der Waals surface area contributed by atoms with E-state index in [0.717, 1.165) is 12.2 Å². The van der Waals surface area contributed by atoms with Crippen molar-refractivity contribution in [2.75, 3.05) is 7.11 Å². The van der Waals surface area contributed by atoms with E-state index in [-0.39, 0.29) is 6.04 Å². The highest BCUT2D eigenvalue weighted by Crippen LogP contribution is 2.42. The maximum Gasteiger partial charge on any atom is 0.123 e. The summed E-state index contributed by atoms with van der Waals surface area (Å²) < 4.78 is 5.40. The van der Waals surface area contributed by atoms with Crippen molar-refractivity contribution in [1.29, 1.82) is 0 Å². The molecule has 0 spiro atoms. The SMILES string of the molecule is CCCc1ccc(OC)c(C(N)C2CC2)c1. The fraction of sp³-hybridized carbons (Fsp3) is 0.571. The van der Waals surface area contributed by atoms with Gasteiger partial charge in [-0.3, -0.25) is 0 Å². The first-order valence-electron chi connectivity index (χ1n) is 6.18. The predicted molar refractivity (Wildman–Crippen MR) is 66.6 cm³/mol. The van der Waals surface area contributed by atoms with Crippen LogP contribution in [-0.2, 0) is 6.42 Å². The maximum atomic E-state index is 6.26. The normalized spacial score (nSPS) is 17.2. The van der Waals surface area contributed by atoms with Gasteiger partial charge in [0.15, 0.2) is 0 Å². The summed E-state index contributed by atoms with van der Waals surface area (Å²) in [5, 5.41) is 0. The van der Waals surface area contributed by atoms with Crippen LogP contribution in [-0.4, -0.2) is 7.11 Å². The van der Waals surface area contributed by atoms with Crippen molar-refractivity contribution in [3.8, 4) is 5.75 Å². The zero-order valence-corrected chi connectivity index (χ0v) is 10.2. The van der Waals surface area contributed by atoms with Gasteiger partial charge in [0.25, 0.3) is 0 Å². The largest absolute Gasteiger partial charge is 0.496 e. The van der Waals surface area contributed by atoms with Gasteiger partial charge < -0.3 is 10.5 Å². The summed E-state index contributed by atoms with van der Waals surface area (Å²) in [5.41, 5.74) is 8.82. The lowest BCUT2D eigenvalue weighted by atomic mass is 9.98. The number of hydrogen-bond donors (Lipinski definition) is 1. The topological polar surface area (TPSA) is 35.2 Å². The summed E-state index contributed by atoms with van der Waals surface area (Å²) in [6.07, 6.45) is 4.82. The molecule has 1 aliphatic carbocycles. The number of aryl methyl sites for hydroxylation is 1. The Balaban J connectivity index is 2.26. The van der Waals surface area contributed by atoms with Gasteiger partial charge in [-0.15, -0.1) is 0 Å². The van der Waals surface area contributed by atoms with E-state index in [0.29, 0.717) is 5.92 Å². The van der Waals surface area contributed by atoms with E-state index in [2.05, 4.69) is 25.1 Å². The van der Waals surface area contributed by atoms with Gasteiger partial charge in [0.2, 0.25) is 0 Å². The molecule has 16 heavy (non-hydrogen) atoms. The summed E-state index contributed by atoms with van der Waals surface area (Å²) in [7, 11) is 1.72. The minimum absolute atomic E-state index is 0.159. The number of nitrogens with two attached hydrogens (primary N) is 1. The van der Waals surface area contributed by atoms with Crippen LogP contribution in [0.3, 0.4) is 0 Å². The Morgan fingerprint density at radius 1 is 1.44 bits per heavy atom.